The van der Waals surface area contributed by atoms with Gasteiger partial charge in [0.05, 0.1) is 5.75 Å². The monoisotopic (exact) mass is 282 g/mol. The molecule has 2 N–H and O–H groups in total. The summed E-state index contributed by atoms with van der Waals surface area (Å²) in [4.78, 5) is 0. The van der Waals surface area contributed by atoms with E-state index >= 15 is 0 Å². The van der Waals surface area contributed by atoms with E-state index in [1.807, 2.05) is 44.2 Å². The fourth-order valence-corrected chi connectivity index (χ4v) is 4.32. The highest BCUT2D eigenvalue weighted by Gasteiger charge is 2.44. The van der Waals surface area contributed by atoms with Gasteiger partial charge >= 0.3 is 0 Å². The van der Waals surface area contributed by atoms with Crippen molar-refractivity contribution in [2.24, 2.45) is 5.73 Å². The molecular formula is C14H22N2O2S. The molecule has 0 spiro atoms. The second-order valence-corrected chi connectivity index (χ2v) is 7.59. The first-order valence-electron chi connectivity index (χ1n) is 6.68. The maximum Gasteiger partial charge on any atom is 0.214 e. The Labute approximate surface area is 115 Å². The van der Waals surface area contributed by atoms with Gasteiger partial charge in [0.25, 0.3) is 0 Å². The van der Waals surface area contributed by atoms with E-state index in [1.54, 1.807) is 0 Å². The predicted molar refractivity (Wildman–Crippen MR) is 77.4 cm³/mol. The van der Waals surface area contributed by atoms with Crippen LogP contribution in [0.1, 0.15) is 31.7 Å². The van der Waals surface area contributed by atoms with E-state index in [0.29, 0.717) is 13.1 Å². The lowest BCUT2D eigenvalue weighted by Crippen LogP contribution is -2.68. The van der Waals surface area contributed by atoms with Crippen molar-refractivity contribution in [2.45, 2.75) is 31.7 Å². The van der Waals surface area contributed by atoms with Crippen molar-refractivity contribution in [3.05, 3.63) is 35.9 Å². The van der Waals surface area contributed by atoms with E-state index in [1.165, 1.54) is 4.31 Å². The average molecular weight is 282 g/mol. The second-order valence-electron chi connectivity index (χ2n) is 5.57. The summed E-state index contributed by atoms with van der Waals surface area (Å²) in [7, 11) is -3.20. The number of benzene rings is 1. The molecule has 1 fully saturated rings. The van der Waals surface area contributed by atoms with E-state index < -0.39 is 10.0 Å². The molecule has 0 amide bonds. The molecule has 4 nitrogen and oxygen atoms in total. The molecule has 0 saturated carbocycles. The number of hydrogen-bond acceptors (Lipinski definition) is 3. The third kappa shape index (κ3) is 3.16. The number of rotatable bonds is 5. The normalized spacial score (nSPS) is 20.8. The molecule has 1 atom stereocenters. The second kappa shape index (κ2) is 5.23. The minimum Gasteiger partial charge on any atom is -0.323 e. The van der Waals surface area contributed by atoms with E-state index in [9.17, 15) is 8.42 Å². The first-order valence-corrected chi connectivity index (χ1v) is 8.29. The van der Waals surface area contributed by atoms with Crippen LogP contribution in [-0.2, 0) is 10.0 Å². The molecule has 1 aliphatic heterocycles. The van der Waals surface area contributed by atoms with Crippen LogP contribution in [0.25, 0.3) is 0 Å². The Balaban J connectivity index is 1.99. The Hall–Kier alpha value is -0.910. The van der Waals surface area contributed by atoms with Gasteiger partial charge in [0, 0.05) is 18.6 Å². The molecule has 106 valence electrons. The molecule has 1 aliphatic rings. The number of nitrogens with two attached hydrogens (primary N) is 1. The van der Waals surface area contributed by atoms with Crippen molar-refractivity contribution >= 4 is 10.0 Å². The van der Waals surface area contributed by atoms with Gasteiger partial charge in [0.15, 0.2) is 0 Å². The van der Waals surface area contributed by atoms with Gasteiger partial charge in [-0.05, 0) is 17.9 Å². The van der Waals surface area contributed by atoms with Crippen LogP contribution in [-0.4, -0.2) is 37.1 Å². The average Bonchev–Trinajstić information content (AvgIpc) is 2.35. The van der Waals surface area contributed by atoms with E-state index in [0.717, 1.165) is 12.0 Å². The Morgan fingerprint density at radius 2 is 1.89 bits per heavy atom. The topological polar surface area (TPSA) is 63.4 Å². The van der Waals surface area contributed by atoms with Gasteiger partial charge in [0.2, 0.25) is 10.0 Å². The van der Waals surface area contributed by atoms with Gasteiger partial charge in [-0.1, -0.05) is 44.2 Å². The van der Waals surface area contributed by atoms with Gasteiger partial charge in [-0.2, -0.15) is 4.31 Å². The minimum absolute atomic E-state index is 0.000557. The number of sulfonamides is 1. The predicted octanol–water partition coefficient (Wildman–Crippen LogP) is 1.54. The summed E-state index contributed by atoms with van der Waals surface area (Å²) in [5, 5.41) is 0. The SMILES string of the molecule is CCC1(N)CN(S(=O)(=O)CC(C)c2ccccc2)C1. The van der Waals surface area contributed by atoms with Gasteiger partial charge in [-0.25, -0.2) is 8.42 Å². The van der Waals surface area contributed by atoms with Crippen molar-refractivity contribution in [3.8, 4) is 0 Å². The first-order chi connectivity index (χ1) is 8.86. The standard InChI is InChI=1S/C14H22N2O2S/c1-3-14(15)10-16(11-14)19(17,18)9-12(2)13-7-5-4-6-8-13/h4-8,12H,3,9-11,15H2,1-2H3. The Kier molecular flexibility index (Phi) is 3.99. The largest absolute Gasteiger partial charge is 0.323 e. The van der Waals surface area contributed by atoms with Crippen LogP contribution in [0.3, 0.4) is 0 Å². The molecule has 0 aromatic heterocycles. The fourth-order valence-electron chi connectivity index (χ4n) is 2.38. The highest BCUT2D eigenvalue weighted by molar-refractivity contribution is 7.89. The molecule has 2 rings (SSSR count). The summed E-state index contributed by atoms with van der Waals surface area (Å²) in [6.45, 7) is 4.85. The summed E-state index contributed by atoms with van der Waals surface area (Å²) >= 11 is 0. The van der Waals surface area contributed by atoms with E-state index in [4.69, 9.17) is 5.73 Å². The molecule has 0 radical (unpaired) electrons. The van der Waals surface area contributed by atoms with Crippen LogP contribution in [0.5, 0.6) is 0 Å². The van der Waals surface area contributed by atoms with Crippen LogP contribution in [0.2, 0.25) is 0 Å². The summed E-state index contributed by atoms with van der Waals surface area (Å²) < 4.78 is 26.1. The molecule has 19 heavy (non-hydrogen) atoms. The van der Waals surface area contributed by atoms with Crippen molar-refractivity contribution in [1.82, 2.24) is 4.31 Å². The summed E-state index contributed by atoms with van der Waals surface area (Å²) in [5.41, 5.74) is 6.77. The van der Waals surface area contributed by atoms with E-state index in [-0.39, 0.29) is 17.2 Å². The molecule has 0 aliphatic carbocycles. The third-order valence-electron chi connectivity index (χ3n) is 3.91. The zero-order valence-electron chi connectivity index (χ0n) is 11.5. The zero-order valence-corrected chi connectivity index (χ0v) is 12.4. The number of hydrogen-bond donors (Lipinski definition) is 1. The minimum atomic E-state index is -3.20. The van der Waals surface area contributed by atoms with Crippen LogP contribution in [0, 0.1) is 0 Å². The van der Waals surface area contributed by atoms with Crippen LogP contribution >= 0.6 is 0 Å². The fraction of sp³-hybridized carbons (Fsp3) is 0.571. The van der Waals surface area contributed by atoms with E-state index in [2.05, 4.69) is 0 Å². The summed E-state index contributed by atoms with van der Waals surface area (Å²) in [5.74, 6) is 0.150. The molecule has 1 aromatic rings. The Morgan fingerprint density at radius 1 is 1.32 bits per heavy atom. The first kappa shape index (κ1) is 14.5. The third-order valence-corrected chi connectivity index (χ3v) is 5.88. The molecular weight excluding hydrogens is 260 g/mol. The maximum atomic E-state index is 12.3. The zero-order chi connectivity index (χ0) is 14.1. The molecule has 1 unspecified atom stereocenters. The van der Waals surface area contributed by atoms with Crippen molar-refractivity contribution in [3.63, 3.8) is 0 Å². The molecule has 1 heterocycles. The lowest BCUT2D eigenvalue weighted by atomic mass is 9.91. The lowest BCUT2D eigenvalue weighted by molar-refractivity contribution is 0.153. The van der Waals surface area contributed by atoms with Gasteiger partial charge in [0.1, 0.15) is 0 Å². The van der Waals surface area contributed by atoms with Gasteiger partial charge < -0.3 is 5.73 Å². The van der Waals surface area contributed by atoms with Crippen molar-refractivity contribution in [1.29, 1.82) is 0 Å². The van der Waals surface area contributed by atoms with Crippen molar-refractivity contribution < 1.29 is 8.42 Å². The lowest BCUT2D eigenvalue weighted by Gasteiger charge is -2.46. The quantitative estimate of drug-likeness (QED) is 0.891. The highest BCUT2D eigenvalue weighted by atomic mass is 32.2. The summed E-state index contributed by atoms with van der Waals surface area (Å²) in [6.07, 6.45) is 0.813. The maximum absolute atomic E-state index is 12.3. The Morgan fingerprint density at radius 3 is 2.42 bits per heavy atom. The molecule has 1 aromatic carbocycles. The summed E-state index contributed by atoms with van der Waals surface area (Å²) in [6, 6.07) is 9.74. The van der Waals surface area contributed by atoms with Crippen LogP contribution in [0.15, 0.2) is 30.3 Å². The van der Waals surface area contributed by atoms with Crippen molar-refractivity contribution in [2.75, 3.05) is 18.8 Å². The molecule has 1 saturated heterocycles. The van der Waals surface area contributed by atoms with Crippen LogP contribution in [0.4, 0.5) is 0 Å². The number of nitrogens with zero attached hydrogens (tertiary/aromatic N) is 1. The smallest absolute Gasteiger partial charge is 0.214 e. The van der Waals surface area contributed by atoms with Crippen LogP contribution < -0.4 is 5.73 Å². The highest BCUT2D eigenvalue weighted by Crippen LogP contribution is 2.27. The molecule has 5 heteroatoms. The Bertz CT molecular complexity index is 522. The van der Waals surface area contributed by atoms with Gasteiger partial charge in [-0.3, -0.25) is 0 Å². The molecule has 0 bridgehead atoms. The van der Waals surface area contributed by atoms with Gasteiger partial charge in [-0.15, -0.1) is 0 Å².